The van der Waals surface area contributed by atoms with E-state index in [4.69, 9.17) is 11.6 Å². The molecule has 2 aromatic rings. The quantitative estimate of drug-likeness (QED) is 0.861. The van der Waals surface area contributed by atoms with Gasteiger partial charge in [-0.25, -0.2) is 8.78 Å². The fourth-order valence-electron chi connectivity index (χ4n) is 1.62. The fraction of sp³-hybridized carbons (Fsp3) is 0.143. The Morgan fingerprint density at radius 2 is 1.83 bits per heavy atom. The number of benzene rings is 2. The first-order valence-corrected chi connectivity index (χ1v) is 5.88. The Morgan fingerprint density at radius 3 is 2.56 bits per heavy atom. The molecule has 0 saturated carbocycles. The van der Waals surface area contributed by atoms with E-state index in [1.165, 1.54) is 18.2 Å². The largest absolute Gasteiger partial charge is 0.379 e. The molecule has 0 heterocycles. The van der Waals surface area contributed by atoms with E-state index in [1.807, 2.05) is 6.92 Å². The Hall–Kier alpha value is -1.61. The third-order valence-electron chi connectivity index (χ3n) is 2.59. The number of halogens is 3. The summed E-state index contributed by atoms with van der Waals surface area (Å²) < 4.78 is 26.7. The summed E-state index contributed by atoms with van der Waals surface area (Å²) in [6, 6.07) is 9.33. The van der Waals surface area contributed by atoms with Gasteiger partial charge in [0.25, 0.3) is 0 Å². The van der Waals surface area contributed by atoms with Crippen LogP contribution in [0.1, 0.15) is 11.1 Å². The molecule has 94 valence electrons. The lowest BCUT2D eigenvalue weighted by molar-refractivity contribution is 0.625. The van der Waals surface area contributed by atoms with Gasteiger partial charge in [0.05, 0.1) is 10.7 Å². The van der Waals surface area contributed by atoms with Crippen LogP contribution in [0.15, 0.2) is 36.4 Å². The Bertz CT molecular complexity index is 570. The van der Waals surface area contributed by atoms with Crippen LogP contribution in [0.25, 0.3) is 0 Å². The summed E-state index contributed by atoms with van der Waals surface area (Å²) in [7, 11) is 0. The van der Waals surface area contributed by atoms with Crippen LogP contribution in [-0.4, -0.2) is 0 Å². The lowest BCUT2D eigenvalue weighted by atomic mass is 10.2. The number of hydrogen-bond acceptors (Lipinski definition) is 1. The van der Waals surface area contributed by atoms with E-state index >= 15 is 0 Å². The second kappa shape index (κ2) is 5.36. The lowest BCUT2D eigenvalue weighted by Gasteiger charge is -2.09. The SMILES string of the molecule is Cc1ccc(F)c(NCc2ccc(Cl)c(F)c2)c1. The Labute approximate surface area is 109 Å². The average Bonchev–Trinajstić information content (AvgIpc) is 2.34. The van der Waals surface area contributed by atoms with Gasteiger partial charge in [-0.1, -0.05) is 23.7 Å². The van der Waals surface area contributed by atoms with Gasteiger partial charge in [0.15, 0.2) is 0 Å². The zero-order valence-corrected chi connectivity index (χ0v) is 10.6. The number of rotatable bonds is 3. The number of anilines is 1. The second-order valence-electron chi connectivity index (χ2n) is 4.09. The van der Waals surface area contributed by atoms with Crippen molar-refractivity contribution in [1.82, 2.24) is 0 Å². The summed E-state index contributed by atoms with van der Waals surface area (Å²) in [4.78, 5) is 0. The van der Waals surface area contributed by atoms with Crippen LogP contribution in [0.5, 0.6) is 0 Å². The zero-order valence-electron chi connectivity index (χ0n) is 9.81. The third-order valence-corrected chi connectivity index (χ3v) is 2.90. The fourth-order valence-corrected chi connectivity index (χ4v) is 1.74. The molecule has 0 aliphatic heterocycles. The molecule has 0 spiro atoms. The molecule has 0 bridgehead atoms. The van der Waals surface area contributed by atoms with Crippen molar-refractivity contribution in [2.24, 2.45) is 0 Å². The predicted molar refractivity (Wildman–Crippen MR) is 69.9 cm³/mol. The summed E-state index contributed by atoms with van der Waals surface area (Å²) in [5.74, 6) is -0.796. The molecule has 2 aromatic carbocycles. The molecule has 0 radical (unpaired) electrons. The molecule has 0 aliphatic rings. The van der Waals surface area contributed by atoms with E-state index in [-0.39, 0.29) is 10.8 Å². The number of aryl methyl sites for hydroxylation is 1. The highest BCUT2D eigenvalue weighted by Crippen LogP contribution is 2.19. The minimum absolute atomic E-state index is 0.0838. The maximum absolute atomic E-state index is 13.5. The standard InChI is InChI=1S/C14H12ClF2N/c1-9-2-5-12(16)14(6-9)18-8-10-3-4-11(15)13(17)7-10/h2-7,18H,8H2,1H3. The maximum Gasteiger partial charge on any atom is 0.146 e. The van der Waals surface area contributed by atoms with Crippen LogP contribution in [-0.2, 0) is 6.54 Å². The normalized spacial score (nSPS) is 10.4. The van der Waals surface area contributed by atoms with E-state index in [9.17, 15) is 8.78 Å². The van der Waals surface area contributed by atoms with Gasteiger partial charge in [0.1, 0.15) is 11.6 Å². The van der Waals surface area contributed by atoms with Crippen LogP contribution in [0, 0.1) is 18.6 Å². The second-order valence-corrected chi connectivity index (χ2v) is 4.49. The van der Waals surface area contributed by atoms with Gasteiger partial charge in [0.2, 0.25) is 0 Å². The predicted octanol–water partition coefficient (Wildman–Crippen LogP) is 4.54. The monoisotopic (exact) mass is 267 g/mol. The van der Waals surface area contributed by atoms with Crippen molar-refractivity contribution in [3.8, 4) is 0 Å². The van der Waals surface area contributed by atoms with E-state index in [1.54, 1.807) is 18.2 Å². The van der Waals surface area contributed by atoms with E-state index in [0.717, 1.165) is 5.56 Å². The smallest absolute Gasteiger partial charge is 0.146 e. The maximum atomic E-state index is 13.5. The van der Waals surface area contributed by atoms with Crippen molar-refractivity contribution in [2.45, 2.75) is 13.5 Å². The topological polar surface area (TPSA) is 12.0 Å². The van der Waals surface area contributed by atoms with Gasteiger partial charge < -0.3 is 5.32 Å². The van der Waals surface area contributed by atoms with Crippen LogP contribution < -0.4 is 5.32 Å². The summed E-state index contributed by atoms with van der Waals surface area (Å²) in [6.45, 7) is 2.22. The highest BCUT2D eigenvalue weighted by atomic mass is 35.5. The average molecular weight is 268 g/mol. The summed E-state index contributed by atoms with van der Waals surface area (Å²) in [6.07, 6.45) is 0. The molecule has 2 rings (SSSR count). The molecule has 1 nitrogen and oxygen atoms in total. The zero-order chi connectivity index (χ0) is 13.1. The van der Waals surface area contributed by atoms with Crippen molar-refractivity contribution in [2.75, 3.05) is 5.32 Å². The van der Waals surface area contributed by atoms with Crippen molar-refractivity contribution >= 4 is 17.3 Å². The van der Waals surface area contributed by atoms with Gasteiger partial charge >= 0.3 is 0 Å². The van der Waals surface area contributed by atoms with Crippen LogP contribution in [0.4, 0.5) is 14.5 Å². The Balaban J connectivity index is 2.11. The van der Waals surface area contributed by atoms with Crippen molar-refractivity contribution in [3.63, 3.8) is 0 Å². The number of hydrogen-bond donors (Lipinski definition) is 1. The molecule has 0 aromatic heterocycles. The van der Waals surface area contributed by atoms with Gasteiger partial charge in [-0.15, -0.1) is 0 Å². The Kier molecular flexibility index (Phi) is 3.82. The van der Waals surface area contributed by atoms with E-state index < -0.39 is 5.82 Å². The molecular formula is C14H12ClF2N. The lowest BCUT2D eigenvalue weighted by Crippen LogP contribution is -2.02. The molecule has 0 amide bonds. The van der Waals surface area contributed by atoms with Crippen molar-refractivity contribution in [1.29, 1.82) is 0 Å². The summed E-state index contributed by atoms with van der Waals surface area (Å²) in [5.41, 5.74) is 2.07. The first kappa shape index (κ1) is 12.8. The van der Waals surface area contributed by atoms with Gasteiger partial charge in [-0.3, -0.25) is 0 Å². The van der Waals surface area contributed by atoms with E-state index in [0.29, 0.717) is 17.8 Å². The summed E-state index contributed by atoms with van der Waals surface area (Å²) >= 11 is 5.59. The van der Waals surface area contributed by atoms with Gasteiger partial charge in [-0.2, -0.15) is 0 Å². The third kappa shape index (κ3) is 2.99. The first-order chi connectivity index (χ1) is 8.56. The first-order valence-electron chi connectivity index (χ1n) is 5.50. The molecule has 0 fully saturated rings. The van der Waals surface area contributed by atoms with Crippen LogP contribution in [0.2, 0.25) is 5.02 Å². The molecule has 0 saturated heterocycles. The minimum Gasteiger partial charge on any atom is -0.379 e. The molecule has 1 N–H and O–H groups in total. The van der Waals surface area contributed by atoms with Crippen LogP contribution >= 0.6 is 11.6 Å². The van der Waals surface area contributed by atoms with E-state index in [2.05, 4.69) is 5.32 Å². The molecule has 4 heteroatoms. The minimum atomic E-state index is -0.472. The Morgan fingerprint density at radius 1 is 1.06 bits per heavy atom. The van der Waals surface area contributed by atoms with Crippen LogP contribution in [0.3, 0.4) is 0 Å². The molecule has 0 aliphatic carbocycles. The van der Waals surface area contributed by atoms with Crippen molar-refractivity contribution in [3.05, 3.63) is 64.2 Å². The van der Waals surface area contributed by atoms with Crippen molar-refractivity contribution < 1.29 is 8.78 Å². The molecule has 0 unspecified atom stereocenters. The summed E-state index contributed by atoms with van der Waals surface area (Å²) in [5, 5.41) is 3.02. The highest BCUT2D eigenvalue weighted by Gasteiger charge is 2.04. The molecular weight excluding hydrogens is 256 g/mol. The van der Waals surface area contributed by atoms with Gasteiger partial charge in [0, 0.05) is 6.54 Å². The highest BCUT2D eigenvalue weighted by molar-refractivity contribution is 6.30. The molecule has 18 heavy (non-hydrogen) atoms. The van der Waals surface area contributed by atoms with Gasteiger partial charge in [-0.05, 0) is 42.3 Å². The molecule has 0 atom stereocenters. The number of nitrogens with one attached hydrogen (secondary N) is 1.